The molecule has 0 radical (unpaired) electrons. The van der Waals surface area contributed by atoms with Crippen LogP contribution >= 0.6 is 22.9 Å². The molecule has 0 saturated heterocycles. The largest absolute Gasteiger partial charge is 0.493 e. The fourth-order valence-electron chi connectivity index (χ4n) is 1.67. The Morgan fingerprint density at radius 2 is 1.95 bits per heavy atom. The molecule has 2 rings (SSSR count). The molecular weight excluding hydrogens is 310 g/mol. The highest BCUT2D eigenvalue weighted by molar-refractivity contribution is 7.18. The van der Waals surface area contributed by atoms with Gasteiger partial charge in [0.2, 0.25) is 0 Å². The molecule has 4 nitrogen and oxygen atoms in total. The van der Waals surface area contributed by atoms with Gasteiger partial charge in [0.25, 0.3) is 0 Å². The molecule has 1 aromatic heterocycles. The minimum atomic E-state index is -0.0973. The van der Waals surface area contributed by atoms with Crippen LogP contribution in [0.15, 0.2) is 42.6 Å². The fourth-order valence-corrected chi connectivity index (χ4v) is 2.63. The van der Waals surface area contributed by atoms with Gasteiger partial charge in [0.05, 0.1) is 23.4 Å². The second-order valence-electron chi connectivity index (χ2n) is 4.02. The maximum atomic E-state index is 11.9. The summed E-state index contributed by atoms with van der Waals surface area (Å²) in [7, 11) is 3.15. The predicted octanol–water partition coefficient (Wildman–Crippen LogP) is 4.23. The first kappa shape index (κ1) is 15.4. The van der Waals surface area contributed by atoms with Gasteiger partial charge in [-0.05, 0) is 24.3 Å². The van der Waals surface area contributed by atoms with Crippen molar-refractivity contribution in [2.75, 3.05) is 19.5 Å². The van der Waals surface area contributed by atoms with Crippen LogP contribution in [0.1, 0.15) is 9.67 Å². The highest BCUT2D eigenvalue weighted by atomic mass is 35.5. The van der Waals surface area contributed by atoms with Crippen LogP contribution in [0.5, 0.6) is 11.5 Å². The minimum Gasteiger partial charge on any atom is -0.493 e. The zero-order valence-electron chi connectivity index (χ0n) is 11.6. The first-order valence-electron chi connectivity index (χ1n) is 6.09. The lowest BCUT2D eigenvalue weighted by Gasteiger charge is -2.09. The predicted molar refractivity (Wildman–Crippen MR) is 86.0 cm³/mol. The maximum absolute atomic E-state index is 11.9. The van der Waals surface area contributed by atoms with Gasteiger partial charge >= 0.3 is 0 Å². The van der Waals surface area contributed by atoms with E-state index in [2.05, 4.69) is 5.32 Å². The summed E-state index contributed by atoms with van der Waals surface area (Å²) in [4.78, 5) is 12.5. The van der Waals surface area contributed by atoms with Crippen LogP contribution in [-0.4, -0.2) is 20.0 Å². The molecule has 0 atom stereocenters. The Hall–Kier alpha value is -1.98. The van der Waals surface area contributed by atoms with E-state index >= 15 is 0 Å². The lowest BCUT2D eigenvalue weighted by molar-refractivity contribution is 0.105. The van der Waals surface area contributed by atoms with Crippen LogP contribution in [0.2, 0.25) is 4.34 Å². The molecule has 0 saturated carbocycles. The summed E-state index contributed by atoms with van der Waals surface area (Å²) in [6.07, 6.45) is 3.04. The van der Waals surface area contributed by atoms with E-state index in [0.29, 0.717) is 20.7 Å². The Morgan fingerprint density at radius 1 is 1.19 bits per heavy atom. The summed E-state index contributed by atoms with van der Waals surface area (Å²) in [5.74, 6) is 1.17. The fraction of sp³-hybridized carbons (Fsp3) is 0.133. The summed E-state index contributed by atoms with van der Waals surface area (Å²) in [6, 6.07) is 8.81. The Kier molecular flexibility index (Phi) is 5.25. The van der Waals surface area contributed by atoms with Crippen LogP contribution in [0, 0.1) is 0 Å². The molecule has 1 aromatic carbocycles. The van der Waals surface area contributed by atoms with E-state index in [1.54, 1.807) is 44.7 Å². The van der Waals surface area contributed by atoms with Gasteiger partial charge in [0, 0.05) is 24.0 Å². The van der Waals surface area contributed by atoms with Gasteiger partial charge < -0.3 is 14.8 Å². The smallest absolute Gasteiger partial charge is 0.197 e. The third-order valence-electron chi connectivity index (χ3n) is 2.68. The quantitative estimate of drug-likeness (QED) is 0.638. The van der Waals surface area contributed by atoms with Crippen molar-refractivity contribution in [3.05, 3.63) is 51.8 Å². The molecule has 0 aliphatic rings. The molecule has 21 heavy (non-hydrogen) atoms. The minimum absolute atomic E-state index is 0.0973. The zero-order chi connectivity index (χ0) is 15.2. The number of nitrogens with one attached hydrogen (secondary N) is 1. The van der Waals surface area contributed by atoms with Crippen molar-refractivity contribution in [3.63, 3.8) is 0 Å². The number of ketones is 1. The summed E-state index contributed by atoms with van der Waals surface area (Å²) in [5, 5.41) is 3.01. The van der Waals surface area contributed by atoms with Gasteiger partial charge in [-0.15, -0.1) is 11.3 Å². The lowest BCUT2D eigenvalue weighted by atomic mass is 10.2. The van der Waals surface area contributed by atoms with E-state index in [1.165, 1.54) is 17.4 Å². The van der Waals surface area contributed by atoms with Gasteiger partial charge in [0.15, 0.2) is 17.3 Å². The number of methoxy groups -OCH3 is 2. The molecule has 2 aromatic rings. The Labute approximate surface area is 132 Å². The second-order valence-corrected chi connectivity index (χ2v) is 5.73. The Morgan fingerprint density at radius 3 is 2.57 bits per heavy atom. The van der Waals surface area contributed by atoms with Crippen LogP contribution in [0.3, 0.4) is 0 Å². The van der Waals surface area contributed by atoms with E-state index in [4.69, 9.17) is 21.1 Å². The number of halogens is 1. The highest BCUT2D eigenvalue weighted by Crippen LogP contribution is 2.29. The number of rotatable bonds is 6. The van der Waals surface area contributed by atoms with Gasteiger partial charge in [-0.3, -0.25) is 4.79 Å². The molecule has 6 heteroatoms. The summed E-state index contributed by atoms with van der Waals surface area (Å²) in [6.45, 7) is 0. The molecule has 0 aliphatic carbocycles. The third kappa shape index (κ3) is 4.00. The number of benzene rings is 1. The third-order valence-corrected chi connectivity index (χ3v) is 3.93. The molecule has 0 bridgehead atoms. The molecule has 1 heterocycles. The van der Waals surface area contributed by atoms with Crippen molar-refractivity contribution < 1.29 is 14.3 Å². The number of ether oxygens (including phenoxy) is 2. The van der Waals surface area contributed by atoms with Crippen LogP contribution in [-0.2, 0) is 0 Å². The molecule has 1 N–H and O–H groups in total. The van der Waals surface area contributed by atoms with E-state index in [9.17, 15) is 4.79 Å². The lowest BCUT2D eigenvalue weighted by Crippen LogP contribution is -1.95. The van der Waals surface area contributed by atoms with E-state index < -0.39 is 0 Å². The Balaban J connectivity index is 2.02. The number of anilines is 1. The number of hydrogen-bond acceptors (Lipinski definition) is 5. The average Bonchev–Trinajstić information content (AvgIpc) is 2.93. The standard InChI is InChI=1S/C15H14ClNO3S/c1-19-12-4-3-10(9-13(12)20-2)17-8-7-11(18)14-5-6-15(16)21-14/h3-9,17H,1-2H3/b8-7-. The summed E-state index contributed by atoms with van der Waals surface area (Å²) >= 11 is 7.05. The molecule has 0 fully saturated rings. The summed E-state index contributed by atoms with van der Waals surface area (Å²) in [5.41, 5.74) is 0.793. The zero-order valence-corrected chi connectivity index (χ0v) is 13.1. The molecule has 0 unspecified atom stereocenters. The van der Waals surface area contributed by atoms with Crippen LogP contribution < -0.4 is 14.8 Å². The average molecular weight is 324 g/mol. The molecule has 0 aliphatic heterocycles. The van der Waals surface area contributed by atoms with Crippen molar-refractivity contribution in [2.45, 2.75) is 0 Å². The van der Waals surface area contributed by atoms with Crippen molar-refractivity contribution in [1.82, 2.24) is 0 Å². The molecule has 0 amide bonds. The number of carbonyl (C=O) groups excluding carboxylic acids is 1. The first-order valence-corrected chi connectivity index (χ1v) is 7.28. The number of carbonyl (C=O) groups is 1. The van der Waals surface area contributed by atoms with E-state index in [1.807, 2.05) is 6.07 Å². The number of hydrogen-bond donors (Lipinski definition) is 1. The van der Waals surface area contributed by atoms with Crippen molar-refractivity contribution in [3.8, 4) is 11.5 Å². The molecule has 0 spiro atoms. The molecular formula is C15H14ClNO3S. The number of allylic oxidation sites excluding steroid dienone is 1. The molecule has 110 valence electrons. The summed E-state index contributed by atoms with van der Waals surface area (Å²) < 4.78 is 11.0. The van der Waals surface area contributed by atoms with Gasteiger partial charge in [-0.2, -0.15) is 0 Å². The van der Waals surface area contributed by atoms with Crippen LogP contribution in [0.25, 0.3) is 0 Å². The number of thiophene rings is 1. The second kappa shape index (κ2) is 7.15. The van der Waals surface area contributed by atoms with Gasteiger partial charge in [-0.1, -0.05) is 11.6 Å². The normalized spacial score (nSPS) is 10.6. The first-order chi connectivity index (χ1) is 10.1. The van der Waals surface area contributed by atoms with Gasteiger partial charge in [0.1, 0.15) is 0 Å². The monoisotopic (exact) mass is 323 g/mol. The SMILES string of the molecule is COc1ccc(N/C=C\C(=O)c2ccc(Cl)s2)cc1OC. The van der Waals surface area contributed by atoms with E-state index in [-0.39, 0.29) is 5.78 Å². The van der Waals surface area contributed by atoms with Crippen molar-refractivity contribution in [2.24, 2.45) is 0 Å². The van der Waals surface area contributed by atoms with Crippen LogP contribution in [0.4, 0.5) is 5.69 Å². The topological polar surface area (TPSA) is 47.6 Å². The van der Waals surface area contributed by atoms with E-state index in [0.717, 1.165) is 5.69 Å². The van der Waals surface area contributed by atoms with Crippen molar-refractivity contribution in [1.29, 1.82) is 0 Å². The van der Waals surface area contributed by atoms with Gasteiger partial charge in [-0.25, -0.2) is 0 Å². The highest BCUT2D eigenvalue weighted by Gasteiger charge is 2.05. The Bertz CT molecular complexity index is 667. The maximum Gasteiger partial charge on any atom is 0.197 e. The van der Waals surface area contributed by atoms with Crippen molar-refractivity contribution >= 4 is 34.4 Å².